The second-order valence-electron chi connectivity index (χ2n) is 4.88. The van der Waals surface area contributed by atoms with Crippen LogP contribution in [-0.4, -0.2) is 32.5 Å². The van der Waals surface area contributed by atoms with E-state index in [1.807, 2.05) is 0 Å². The standard InChI is InChI=1S/C14H20BrNO2/c1-11-3-4-12(7-13(11)15)8-16-9-14(17-2)5-6-18-10-14/h3-4,7,16H,5-6,8-10H2,1-2H3. The highest BCUT2D eigenvalue weighted by Gasteiger charge is 2.34. The van der Waals surface area contributed by atoms with Crippen molar-refractivity contribution in [3.63, 3.8) is 0 Å². The first-order chi connectivity index (χ1) is 8.65. The molecule has 0 spiro atoms. The van der Waals surface area contributed by atoms with Crippen molar-refractivity contribution in [1.82, 2.24) is 5.32 Å². The number of benzene rings is 1. The molecule has 0 aromatic heterocycles. The van der Waals surface area contributed by atoms with Crippen molar-refractivity contribution in [2.45, 2.75) is 25.5 Å². The summed E-state index contributed by atoms with van der Waals surface area (Å²) < 4.78 is 12.2. The highest BCUT2D eigenvalue weighted by Crippen LogP contribution is 2.22. The van der Waals surface area contributed by atoms with Gasteiger partial charge >= 0.3 is 0 Å². The van der Waals surface area contributed by atoms with Crippen LogP contribution in [-0.2, 0) is 16.0 Å². The molecule has 1 aromatic rings. The van der Waals surface area contributed by atoms with Gasteiger partial charge in [0.05, 0.1) is 6.61 Å². The Labute approximate surface area is 117 Å². The average Bonchev–Trinajstić information content (AvgIpc) is 2.83. The second kappa shape index (κ2) is 6.15. The predicted octanol–water partition coefficient (Wildman–Crippen LogP) is 2.65. The van der Waals surface area contributed by atoms with Crippen molar-refractivity contribution < 1.29 is 9.47 Å². The summed E-state index contributed by atoms with van der Waals surface area (Å²) in [5.74, 6) is 0. The molecule has 1 N–H and O–H groups in total. The number of aryl methyl sites for hydroxylation is 1. The summed E-state index contributed by atoms with van der Waals surface area (Å²) in [6.07, 6.45) is 0.966. The maximum atomic E-state index is 5.58. The molecule has 1 atom stereocenters. The number of hydrogen-bond acceptors (Lipinski definition) is 3. The summed E-state index contributed by atoms with van der Waals surface area (Å²) >= 11 is 3.56. The minimum atomic E-state index is -0.137. The Kier molecular flexibility index (Phi) is 4.78. The number of halogens is 1. The molecule has 1 aromatic carbocycles. The van der Waals surface area contributed by atoms with Crippen LogP contribution in [0.5, 0.6) is 0 Å². The Balaban J connectivity index is 1.86. The van der Waals surface area contributed by atoms with Crippen molar-refractivity contribution in [3.8, 4) is 0 Å². The van der Waals surface area contributed by atoms with Gasteiger partial charge in [-0.15, -0.1) is 0 Å². The van der Waals surface area contributed by atoms with Gasteiger partial charge in [0.2, 0.25) is 0 Å². The van der Waals surface area contributed by atoms with Crippen molar-refractivity contribution in [1.29, 1.82) is 0 Å². The van der Waals surface area contributed by atoms with Gasteiger partial charge < -0.3 is 14.8 Å². The third-order valence-electron chi connectivity index (χ3n) is 3.51. The van der Waals surface area contributed by atoms with E-state index in [1.165, 1.54) is 11.1 Å². The molecule has 4 heteroatoms. The van der Waals surface area contributed by atoms with Crippen LogP contribution in [0.2, 0.25) is 0 Å². The molecular weight excluding hydrogens is 294 g/mol. The zero-order valence-electron chi connectivity index (χ0n) is 11.0. The van der Waals surface area contributed by atoms with E-state index in [9.17, 15) is 0 Å². The maximum Gasteiger partial charge on any atom is 0.106 e. The Bertz CT molecular complexity index is 403. The fraction of sp³-hybridized carbons (Fsp3) is 0.571. The summed E-state index contributed by atoms with van der Waals surface area (Å²) in [5, 5.41) is 3.46. The first-order valence-electron chi connectivity index (χ1n) is 6.24. The molecule has 1 heterocycles. The quantitative estimate of drug-likeness (QED) is 0.906. The topological polar surface area (TPSA) is 30.5 Å². The summed E-state index contributed by atoms with van der Waals surface area (Å²) in [5.41, 5.74) is 2.40. The van der Waals surface area contributed by atoms with Crippen molar-refractivity contribution >= 4 is 15.9 Å². The number of ether oxygens (including phenoxy) is 2. The van der Waals surface area contributed by atoms with Crippen LogP contribution in [0, 0.1) is 6.92 Å². The molecule has 0 amide bonds. The maximum absolute atomic E-state index is 5.58. The molecule has 0 saturated carbocycles. The summed E-state index contributed by atoms with van der Waals surface area (Å²) in [6.45, 7) is 5.26. The molecule has 18 heavy (non-hydrogen) atoms. The molecule has 1 fully saturated rings. The predicted molar refractivity (Wildman–Crippen MR) is 75.8 cm³/mol. The molecule has 0 radical (unpaired) electrons. The molecule has 0 aliphatic carbocycles. The Morgan fingerprint density at radius 1 is 1.50 bits per heavy atom. The second-order valence-corrected chi connectivity index (χ2v) is 5.73. The first-order valence-corrected chi connectivity index (χ1v) is 7.03. The van der Waals surface area contributed by atoms with Crippen molar-refractivity contribution in [2.24, 2.45) is 0 Å². The lowest BCUT2D eigenvalue weighted by molar-refractivity contribution is -0.0159. The van der Waals surface area contributed by atoms with Crippen molar-refractivity contribution in [3.05, 3.63) is 33.8 Å². The van der Waals surface area contributed by atoms with Crippen LogP contribution in [0.1, 0.15) is 17.5 Å². The first kappa shape index (κ1) is 14.0. The van der Waals surface area contributed by atoms with Crippen LogP contribution in [0.4, 0.5) is 0 Å². The van der Waals surface area contributed by atoms with E-state index in [-0.39, 0.29) is 5.60 Å². The zero-order chi connectivity index (χ0) is 13.0. The molecule has 1 aliphatic heterocycles. The van der Waals surface area contributed by atoms with Crippen LogP contribution < -0.4 is 5.32 Å². The lowest BCUT2D eigenvalue weighted by atomic mass is 10.0. The van der Waals surface area contributed by atoms with Gasteiger partial charge in [-0.2, -0.15) is 0 Å². The van der Waals surface area contributed by atoms with E-state index in [0.717, 1.165) is 30.6 Å². The van der Waals surface area contributed by atoms with Gasteiger partial charge in [-0.3, -0.25) is 0 Å². The molecule has 1 unspecified atom stereocenters. The van der Waals surface area contributed by atoms with Gasteiger partial charge in [0.1, 0.15) is 5.60 Å². The molecule has 0 bridgehead atoms. The van der Waals surface area contributed by atoms with Gasteiger partial charge in [-0.1, -0.05) is 28.1 Å². The van der Waals surface area contributed by atoms with E-state index >= 15 is 0 Å². The van der Waals surface area contributed by atoms with Crippen LogP contribution in [0.3, 0.4) is 0 Å². The van der Waals surface area contributed by atoms with Gasteiger partial charge in [-0.25, -0.2) is 0 Å². The van der Waals surface area contributed by atoms with E-state index in [4.69, 9.17) is 9.47 Å². The number of rotatable bonds is 5. The average molecular weight is 314 g/mol. The smallest absolute Gasteiger partial charge is 0.106 e. The Morgan fingerprint density at radius 2 is 2.33 bits per heavy atom. The summed E-state index contributed by atoms with van der Waals surface area (Å²) in [7, 11) is 1.76. The Morgan fingerprint density at radius 3 is 2.94 bits per heavy atom. The number of nitrogens with one attached hydrogen (secondary N) is 1. The van der Waals surface area contributed by atoms with Gasteiger partial charge in [-0.05, 0) is 24.1 Å². The van der Waals surface area contributed by atoms with Gasteiger partial charge in [0.25, 0.3) is 0 Å². The zero-order valence-corrected chi connectivity index (χ0v) is 12.5. The monoisotopic (exact) mass is 313 g/mol. The van der Waals surface area contributed by atoms with E-state index in [2.05, 4.69) is 46.4 Å². The highest BCUT2D eigenvalue weighted by molar-refractivity contribution is 9.10. The summed E-state index contributed by atoms with van der Waals surface area (Å²) in [6, 6.07) is 6.44. The minimum Gasteiger partial charge on any atom is -0.378 e. The van der Waals surface area contributed by atoms with E-state index in [0.29, 0.717) is 6.61 Å². The van der Waals surface area contributed by atoms with Crippen LogP contribution in [0.15, 0.2) is 22.7 Å². The molecule has 2 rings (SSSR count). The fourth-order valence-corrected chi connectivity index (χ4v) is 2.57. The lowest BCUT2D eigenvalue weighted by Crippen LogP contribution is -2.42. The third-order valence-corrected chi connectivity index (χ3v) is 4.37. The number of methoxy groups -OCH3 is 1. The Hall–Kier alpha value is -0.420. The van der Waals surface area contributed by atoms with Gasteiger partial charge in [0.15, 0.2) is 0 Å². The van der Waals surface area contributed by atoms with Gasteiger partial charge in [0, 0.05) is 37.7 Å². The molecule has 100 valence electrons. The van der Waals surface area contributed by atoms with E-state index in [1.54, 1.807) is 7.11 Å². The van der Waals surface area contributed by atoms with Crippen LogP contribution in [0.25, 0.3) is 0 Å². The molecule has 3 nitrogen and oxygen atoms in total. The molecule has 1 saturated heterocycles. The highest BCUT2D eigenvalue weighted by atomic mass is 79.9. The largest absolute Gasteiger partial charge is 0.378 e. The third kappa shape index (κ3) is 3.32. The van der Waals surface area contributed by atoms with Crippen molar-refractivity contribution in [2.75, 3.05) is 26.9 Å². The minimum absolute atomic E-state index is 0.137. The summed E-state index contributed by atoms with van der Waals surface area (Å²) in [4.78, 5) is 0. The number of hydrogen-bond donors (Lipinski definition) is 1. The molecular formula is C14H20BrNO2. The molecule has 1 aliphatic rings. The lowest BCUT2D eigenvalue weighted by Gasteiger charge is -2.26. The van der Waals surface area contributed by atoms with E-state index < -0.39 is 0 Å². The fourth-order valence-electron chi connectivity index (χ4n) is 2.14. The SMILES string of the molecule is COC1(CNCc2ccc(C)c(Br)c2)CCOC1. The van der Waals surface area contributed by atoms with Crippen LogP contribution >= 0.6 is 15.9 Å². The normalized spacial score (nSPS) is 23.5.